The Hall–Kier alpha value is -3.49. The molecule has 2 aromatic carbocycles. The van der Waals surface area contributed by atoms with Gasteiger partial charge >= 0.3 is 6.18 Å². The largest absolute Gasteiger partial charge is 0.416 e. The van der Waals surface area contributed by atoms with E-state index in [-0.39, 0.29) is 5.69 Å². The monoisotopic (exact) mass is 370 g/mol. The minimum Gasteiger partial charge on any atom is -0.338 e. The maximum atomic E-state index is 12.9. The van der Waals surface area contributed by atoms with Crippen molar-refractivity contribution < 1.29 is 13.2 Å². The van der Waals surface area contributed by atoms with Crippen LogP contribution in [0.2, 0.25) is 0 Å². The minimum atomic E-state index is -4.42. The zero-order valence-corrected chi connectivity index (χ0v) is 13.9. The molecule has 0 radical (unpaired) electrons. The van der Waals surface area contributed by atoms with Crippen LogP contribution in [0.25, 0.3) is 11.2 Å². The van der Waals surface area contributed by atoms with E-state index >= 15 is 0 Å². The van der Waals surface area contributed by atoms with Gasteiger partial charge in [0.1, 0.15) is 6.33 Å². The van der Waals surface area contributed by atoms with Gasteiger partial charge in [-0.05, 0) is 23.8 Å². The number of halogens is 3. The smallest absolute Gasteiger partial charge is 0.338 e. The molecule has 2 aromatic heterocycles. The summed E-state index contributed by atoms with van der Waals surface area (Å²) >= 11 is 0. The lowest BCUT2D eigenvalue weighted by Crippen LogP contribution is -2.05. The molecule has 0 aliphatic heterocycles. The summed E-state index contributed by atoms with van der Waals surface area (Å²) < 4.78 is 40.3. The fourth-order valence-corrected chi connectivity index (χ4v) is 2.66. The van der Waals surface area contributed by atoms with Gasteiger partial charge < -0.3 is 5.32 Å². The van der Waals surface area contributed by atoms with Crippen molar-refractivity contribution in [3.05, 3.63) is 72.1 Å². The highest BCUT2D eigenvalue weighted by molar-refractivity contribution is 5.84. The average molecular weight is 370 g/mol. The van der Waals surface area contributed by atoms with E-state index in [1.165, 1.54) is 18.5 Å². The van der Waals surface area contributed by atoms with Crippen molar-refractivity contribution in [2.24, 2.45) is 0 Å². The Morgan fingerprint density at radius 3 is 2.56 bits per heavy atom. The summed E-state index contributed by atoms with van der Waals surface area (Å²) in [7, 11) is 0. The zero-order chi connectivity index (χ0) is 18.9. The van der Waals surface area contributed by atoms with Crippen LogP contribution in [0.1, 0.15) is 11.1 Å². The summed E-state index contributed by atoms with van der Waals surface area (Å²) in [6.07, 6.45) is -3.10. The Kier molecular flexibility index (Phi) is 4.19. The van der Waals surface area contributed by atoms with Crippen LogP contribution >= 0.6 is 0 Å². The number of alkyl halides is 3. The molecule has 0 atom stereocenters. The molecule has 4 rings (SSSR count). The number of fused-ring (bicyclic) bond motifs is 1. The third-order valence-electron chi connectivity index (χ3n) is 3.93. The molecular formula is C18H13F3N6. The molecule has 0 amide bonds. The van der Waals surface area contributed by atoms with Gasteiger partial charge in [-0.25, -0.2) is 14.6 Å². The minimum absolute atomic E-state index is 0.252. The number of aromatic nitrogens is 5. The van der Waals surface area contributed by atoms with Crippen LogP contribution in [0, 0.1) is 0 Å². The molecule has 0 saturated heterocycles. The van der Waals surface area contributed by atoms with Crippen molar-refractivity contribution in [1.29, 1.82) is 0 Å². The zero-order valence-electron chi connectivity index (χ0n) is 13.9. The van der Waals surface area contributed by atoms with Crippen LogP contribution in [-0.4, -0.2) is 25.0 Å². The summed E-state index contributed by atoms with van der Waals surface area (Å²) in [6, 6.07) is 14.6. The Morgan fingerprint density at radius 2 is 1.78 bits per heavy atom. The third kappa shape index (κ3) is 3.57. The lowest BCUT2D eigenvalue weighted by Gasteiger charge is -2.10. The number of hydrogen-bond donors (Lipinski definition) is 1. The van der Waals surface area contributed by atoms with Gasteiger partial charge in [0.15, 0.2) is 17.0 Å². The molecule has 4 aromatic rings. The third-order valence-corrected chi connectivity index (χ3v) is 3.93. The SMILES string of the molecule is FC(F)(F)c1cccc(Nc2ncnc3c2nnn3Cc2ccccc2)c1. The van der Waals surface area contributed by atoms with E-state index in [1.807, 2.05) is 30.3 Å². The molecule has 27 heavy (non-hydrogen) atoms. The lowest BCUT2D eigenvalue weighted by atomic mass is 10.2. The average Bonchev–Trinajstić information content (AvgIpc) is 3.06. The fourth-order valence-electron chi connectivity index (χ4n) is 2.66. The van der Waals surface area contributed by atoms with Gasteiger partial charge in [0, 0.05) is 5.69 Å². The van der Waals surface area contributed by atoms with Gasteiger partial charge in [-0.15, -0.1) is 5.10 Å². The Bertz CT molecular complexity index is 1080. The molecule has 6 nitrogen and oxygen atoms in total. The first kappa shape index (κ1) is 17.0. The Morgan fingerprint density at radius 1 is 0.963 bits per heavy atom. The molecule has 0 spiro atoms. The number of rotatable bonds is 4. The van der Waals surface area contributed by atoms with E-state index < -0.39 is 11.7 Å². The van der Waals surface area contributed by atoms with Crippen molar-refractivity contribution in [2.45, 2.75) is 12.7 Å². The van der Waals surface area contributed by atoms with E-state index in [0.29, 0.717) is 23.5 Å². The molecule has 1 N–H and O–H groups in total. The molecule has 0 aliphatic rings. The van der Waals surface area contributed by atoms with Crippen LogP contribution in [0.3, 0.4) is 0 Å². The number of nitrogens with zero attached hydrogens (tertiary/aromatic N) is 5. The first-order chi connectivity index (χ1) is 13.0. The molecule has 136 valence electrons. The van der Waals surface area contributed by atoms with Crippen LogP contribution in [0.5, 0.6) is 0 Å². The quantitative estimate of drug-likeness (QED) is 0.587. The molecule has 0 unspecified atom stereocenters. The van der Waals surface area contributed by atoms with Crippen LogP contribution in [0.15, 0.2) is 60.9 Å². The van der Waals surface area contributed by atoms with Crippen molar-refractivity contribution in [2.75, 3.05) is 5.32 Å². The van der Waals surface area contributed by atoms with Gasteiger partial charge in [0.25, 0.3) is 0 Å². The van der Waals surface area contributed by atoms with Gasteiger partial charge in [-0.3, -0.25) is 0 Å². The standard InChI is InChI=1S/C18H13F3N6/c19-18(20,21)13-7-4-8-14(9-13)24-16-15-17(23-11-22-16)27(26-25-15)10-12-5-2-1-3-6-12/h1-9,11H,10H2,(H,22,23,24). The summed E-state index contributed by atoms with van der Waals surface area (Å²) in [5, 5.41) is 11.0. The predicted octanol–water partition coefficient (Wildman–Crippen LogP) is 4.03. The molecule has 0 aliphatic carbocycles. The highest BCUT2D eigenvalue weighted by atomic mass is 19.4. The highest BCUT2D eigenvalue weighted by Crippen LogP contribution is 2.31. The van der Waals surface area contributed by atoms with Crippen LogP contribution < -0.4 is 5.32 Å². The Balaban J connectivity index is 1.66. The number of anilines is 2. The number of hydrogen-bond acceptors (Lipinski definition) is 5. The van der Waals surface area contributed by atoms with E-state index in [4.69, 9.17) is 0 Å². The van der Waals surface area contributed by atoms with Crippen LogP contribution in [0.4, 0.5) is 24.7 Å². The second-order valence-electron chi connectivity index (χ2n) is 5.83. The molecule has 2 heterocycles. The molecule has 9 heteroatoms. The summed E-state index contributed by atoms with van der Waals surface area (Å²) in [5.74, 6) is 0.290. The topological polar surface area (TPSA) is 68.5 Å². The van der Waals surface area contributed by atoms with Crippen LogP contribution in [-0.2, 0) is 12.7 Å². The lowest BCUT2D eigenvalue weighted by molar-refractivity contribution is -0.137. The van der Waals surface area contributed by atoms with Crippen molar-refractivity contribution in [3.63, 3.8) is 0 Å². The maximum absolute atomic E-state index is 12.9. The molecular weight excluding hydrogens is 357 g/mol. The van der Waals surface area contributed by atoms with Crippen molar-refractivity contribution >= 4 is 22.7 Å². The predicted molar refractivity (Wildman–Crippen MR) is 93.4 cm³/mol. The summed E-state index contributed by atoms with van der Waals surface area (Å²) in [5.41, 5.74) is 1.40. The van der Waals surface area contributed by atoms with Gasteiger partial charge in [0.2, 0.25) is 0 Å². The van der Waals surface area contributed by atoms with Crippen molar-refractivity contribution in [1.82, 2.24) is 25.0 Å². The van der Waals surface area contributed by atoms with Gasteiger partial charge in [-0.1, -0.05) is 41.6 Å². The first-order valence-electron chi connectivity index (χ1n) is 8.03. The van der Waals surface area contributed by atoms with Crippen molar-refractivity contribution in [3.8, 4) is 0 Å². The summed E-state index contributed by atoms with van der Waals surface area (Å²) in [6.45, 7) is 0.470. The molecule has 0 saturated carbocycles. The summed E-state index contributed by atoms with van der Waals surface area (Å²) in [4.78, 5) is 8.30. The normalized spacial score (nSPS) is 11.7. The number of nitrogens with one attached hydrogen (secondary N) is 1. The van der Waals surface area contributed by atoms with Gasteiger partial charge in [-0.2, -0.15) is 13.2 Å². The highest BCUT2D eigenvalue weighted by Gasteiger charge is 2.30. The van der Waals surface area contributed by atoms with E-state index in [1.54, 1.807) is 4.68 Å². The Labute approximate surface area is 151 Å². The molecule has 0 bridgehead atoms. The van der Waals surface area contributed by atoms with E-state index in [9.17, 15) is 13.2 Å². The molecule has 0 fully saturated rings. The number of benzene rings is 2. The second-order valence-corrected chi connectivity index (χ2v) is 5.83. The van der Waals surface area contributed by atoms with E-state index in [0.717, 1.165) is 17.7 Å². The maximum Gasteiger partial charge on any atom is 0.416 e. The fraction of sp³-hybridized carbons (Fsp3) is 0.111. The van der Waals surface area contributed by atoms with Gasteiger partial charge in [0.05, 0.1) is 12.1 Å². The second kappa shape index (κ2) is 6.67. The van der Waals surface area contributed by atoms with E-state index in [2.05, 4.69) is 25.6 Å². The first-order valence-corrected chi connectivity index (χ1v) is 8.03.